The molecular weight excluding hydrogens is 286 g/mol. The zero-order chi connectivity index (χ0) is 15.2. The van der Waals surface area contributed by atoms with E-state index in [9.17, 15) is 4.79 Å². The van der Waals surface area contributed by atoms with Gasteiger partial charge in [0.25, 0.3) is 0 Å². The molecule has 0 fully saturated rings. The lowest BCUT2D eigenvalue weighted by molar-refractivity contribution is 0.257. The van der Waals surface area contributed by atoms with Crippen LogP contribution in [0.15, 0.2) is 48.5 Å². The van der Waals surface area contributed by atoms with Gasteiger partial charge in [0.1, 0.15) is 0 Å². The van der Waals surface area contributed by atoms with Crippen LogP contribution in [-0.2, 0) is 0 Å². The van der Waals surface area contributed by atoms with Crippen molar-refractivity contribution >= 4 is 34.7 Å². The summed E-state index contributed by atoms with van der Waals surface area (Å²) in [4.78, 5) is 14.1. The normalized spacial score (nSPS) is 10.2. The Morgan fingerprint density at radius 2 is 1.76 bits per heavy atom. The highest BCUT2D eigenvalue weighted by Gasteiger charge is 2.14. The average Bonchev–Trinajstić information content (AvgIpc) is 2.48. The van der Waals surface area contributed by atoms with Crippen LogP contribution in [0.5, 0.6) is 0 Å². The van der Waals surface area contributed by atoms with Gasteiger partial charge in [-0.05, 0) is 55.0 Å². The first kappa shape index (κ1) is 15.2. The van der Waals surface area contributed by atoms with Gasteiger partial charge in [0.15, 0.2) is 0 Å². The van der Waals surface area contributed by atoms with Gasteiger partial charge >= 0.3 is 6.03 Å². The van der Waals surface area contributed by atoms with E-state index in [4.69, 9.17) is 17.3 Å². The maximum Gasteiger partial charge on any atom is 0.326 e. The topological polar surface area (TPSA) is 58.4 Å². The lowest BCUT2D eigenvalue weighted by Gasteiger charge is -2.22. The van der Waals surface area contributed by atoms with E-state index in [-0.39, 0.29) is 6.03 Å². The second kappa shape index (κ2) is 6.99. The van der Waals surface area contributed by atoms with E-state index in [0.717, 1.165) is 12.1 Å². The fourth-order valence-electron chi connectivity index (χ4n) is 1.95. The van der Waals surface area contributed by atoms with Gasteiger partial charge in [0.05, 0.1) is 0 Å². The Kier molecular flexibility index (Phi) is 5.06. The fraction of sp³-hybridized carbons (Fsp3) is 0.188. The third-order valence-electron chi connectivity index (χ3n) is 2.99. The molecule has 0 unspecified atom stereocenters. The summed E-state index contributed by atoms with van der Waals surface area (Å²) in [6.07, 6.45) is 0.859. The molecule has 2 rings (SSSR count). The number of benzene rings is 2. The lowest BCUT2D eigenvalue weighted by atomic mass is 10.2. The number of nitrogen functional groups attached to an aromatic ring is 1. The van der Waals surface area contributed by atoms with Gasteiger partial charge in [0, 0.05) is 28.6 Å². The molecule has 5 heteroatoms. The molecule has 4 nitrogen and oxygen atoms in total. The van der Waals surface area contributed by atoms with Crippen LogP contribution >= 0.6 is 11.6 Å². The number of carbonyl (C=O) groups excluding carboxylic acids is 1. The summed E-state index contributed by atoms with van der Waals surface area (Å²) in [6, 6.07) is 14.1. The summed E-state index contributed by atoms with van der Waals surface area (Å²) in [6.45, 7) is 2.65. The van der Waals surface area contributed by atoms with E-state index in [2.05, 4.69) is 5.32 Å². The number of halogens is 1. The number of nitrogens with two attached hydrogens (primary N) is 1. The molecule has 2 aromatic carbocycles. The van der Waals surface area contributed by atoms with E-state index in [0.29, 0.717) is 22.9 Å². The maximum atomic E-state index is 12.4. The number of carbonyl (C=O) groups is 1. The maximum absolute atomic E-state index is 12.4. The third-order valence-corrected chi connectivity index (χ3v) is 3.24. The second-order valence-electron chi connectivity index (χ2n) is 4.68. The molecule has 0 radical (unpaired) electrons. The first-order valence-electron chi connectivity index (χ1n) is 6.80. The van der Waals surface area contributed by atoms with Gasteiger partial charge < -0.3 is 11.1 Å². The summed E-state index contributed by atoms with van der Waals surface area (Å²) in [5.74, 6) is 0. The van der Waals surface area contributed by atoms with Crippen LogP contribution in [0.2, 0.25) is 5.02 Å². The first-order chi connectivity index (χ1) is 10.1. The van der Waals surface area contributed by atoms with Gasteiger partial charge in [-0.15, -0.1) is 0 Å². The van der Waals surface area contributed by atoms with Crippen molar-refractivity contribution in [3.05, 3.63) is 53.6 Å². The van der Waals surface area contributed by atoms with Gasteiger partial charge in [-0.25, -0.2) is 4.79 Å². The van der Waals surface area contributed by atoms with Crippen LogP contribution in [0, 0.1) is 0 Å². The minimum Gasteiger partial charge on any atom is -0.399 e. The number of nitrogens with zero attached hydrogens (tertiary/aromatic N) is 1. The number of rotatable bonds is 4. The molecular formula is C16H18ClN3O. The van der Waals surface area contributed by atoms with Crippen molar-refractivity contribution in [2.45, 2.75) is 13.3 Å². The Hall–Kier alpha value is -2.20. The number of amides is 2. The Balaban J connectivity index is 2.15. The van der Waals surface area contributed by atoms with Crippen LogP contribution in [0.3, 0.4) is 0 Å². The number of urea groups is 1. The Labute approximate surface area is 129 Å². The monoisotopic (exact) mass is 303 g/mol. The van der Waals surface area contributed by atoms with E-state index >= 15 is 0 Å². The molecule has 0 heterocycles. The van der Waals surface area contributed by atoms with Crippen molar-refractivity contribution in [1.29, 1.82) is 0 Å². The van der Waals surface area contributed by atoms with E-state index in [1.807, 2.05) is 19.1 Å². The van der Waals surface area contributed by atoms with Crippen LogP contribution in [0.4, 0.5) is 21.9 Å². The van der Waals surface area contributed by atoms with Gasteiger partial charge in [-0.3, -0.25) is 4.90 Å². The quantitative estimate of drug-likeness (QED) is 0.824. The van der Waals surface area contributed by atoms with E-state index in [1.165, 1.54) is 0 Å². The van der Waals surface area contributed by atoms with Crippen molar-refractivity contribution in [1.82, 2.24) is 0 Å². The SMILES string of the molecule is CCCN(C(=O)Nc1ccc(N)cc1)c1ccc(Cl)cc1. The van der Waals surface area contributed by atoms with E-state index in [1.54, 1.807) is 41.3 Å². The van der Waals surface area contributed by atoms with Gasteiger partial charge in [-0.1, -0.05) is 18.5 Å². The van der Waals surface area contributed by atoms with Crippen LogP contribution in [0.25, 0.3) is 0 Å². The molecule has 0 saturated heterocycles. The minimum absolute atomic E-state index is 0.177. The lowest BCUT2D eigenvalue weighted by Crippen LogP contribution is -2.35. The molecule has 3 N–H and O–H groups in total. The first-order valence-corrected chi connectivity index (χ1v) is 7.17. The third kappa shape index (κ3) is 4.13. The summed E-state index contributed by atoms with van der Waals surface area (Å²) in [5, 5.41) is 3.51. The zero-order valence-corrected chi connectivity index (χ0v) is 12.6. The van der Waals surface area contributed by atoms with Crippen molar-refractivity contribution in [2.75, 3.05) is 22.5 Å². The van der Waals surface area contributed by atoms with Crippen molar-refractivity contribution < 1.29 is 4.79 Å². The minimum atomic E-state index is -0.177. The number of hydrogen-bond acceptors (Lipinski definition) is 2. The number of hydrogen-bond donors (Lipinski definition) is 2. The molecule has 0 spiro atoms. The largest absolute Gasteiger partial charge is 0.399 e. The highest BCUT2D eigenvalue weighted by molar-refractivity contribution is 6.30. The number of nitrogens with one attached hydrogen (secondary N) is 1. The molecule has 110 valence electrons. The summed E-state index contributed by atoms with van der Waals surface area (Å²) < 4.78 is 0. The highest BCUT2D eigenvalue weighted by Crippen LogP contribution is 2.20. The van der Waals surface area contributed by atoms with Gasteiger partial charge in [-0.2, -0.15) is 0 Å². The molecule has 0 aliphatic rings. The highest BCUT2D eigenvalue weighted by atomic mass is 35.5. The van der Waals surface area contributed by atoms with Crippen LogP contribution < -0.4 is 16.0 Å². The molecule has 0 aromatic heterocycles. The van der Waals surface area contributed by atoms with Crippen LogP contribution in [0.1, 0.15) is 13.3 Å². The van der Waals surface area contributed by atoms with Crippen molar-refractivity contribution in [2.24, 2.45) is 0 Å². The zero-order valence-electron chi connectivity index (χ0n) is 11.8. The number of anilines is 3. The van der Waals surface area contributed by atoms with E-state index < -0.39 is 0 Å². The molecule has 0 saturated carbocycles. The fourth-order valence-corrected chi connectivity index (χ4v) is 2.08. The smallest absolute Gasteiger partial charge is 0.326 e. The summed E-state index contributed by atoms with van der Waals surface area (Å²) in [7, 11) is 0. The summed E-state index contributed by atoms with van der Waals surface area (Å²) in [5.41, 5.74) is 7.82. The standard InChI is InChI=1S/C16H18ClN3O/c1-2-11-20(15-9-3-12(17)4-10-15)16(21)19-14-7-5-13(18)6-8-14/h3-10H,2,11,18H2,1H3,(H,19,21). The Morgan fingerprint density at radius 1 is 1.14 bits per heavy atom. The summed E-state index contributed by atoms with van der Waals surface area (Å²) >= 11 is 5.89. The Bertz CT molecular complexity index is 596. The van der Waals surface area contributed by atoms with Crippen molar-refractivity contribution in [3.8, 4) is 0 Å². The van der Waals surface area contributed by atoms with Crippen molar-refractivity contribution in [3.63, 3.8) is 0 Å². The predicted octanol–water partition coefficient (Wildman–Crippen LogP) is 4.37. The molecule has 2 aromatic rings. The molecule has 2 amide bonds. The predicted molar refractivity (Wildman–Crippen MR) is 89.0 cm³/mol. The molecule has 0 aliphatic heterocycles. The molecule has 21 heavy (non-hydrogen) atoms. The second-order valence-corrected chi connectivity index (χ2v) is 5.12. The van der Waals surface area contributed by atoms with Gasteiger partial charge in [0.2, 0.25) is 0 Å². The molecule has 0 aliphatic carbocycles. The average molecular weight is 304 g/mol. The Morgan fingerprint density at radius 3 is 2.33 bits per heavy atom. The molecule has 0 atom stereocenters. The van der Waals surface area contributed by atoms with Crippen LogP contribution in [-0.4, -0.2) is 12.6 Å². The molecule has 0 bridgehead atoms.